The molecule has 0 atom stereocenters. The Bertz CT molecular complexity index is 762. The van der Waals surface area contributed by atoms with Crippen LogP contribution in [0.15, 0.2) is 24.3 Å². The number of aromatic nitrogens is 1. The number of nitrogens with two attached hydrogens (primary N) is 1. The number of carbonyl (C=O) groups excluding carboxylic acids is 1. The summed E-state index contributed by atoms with van der Waals surface area (Å²) in [5.74, 6) is 0.792. The van der Waals surface area contributed by atoms with Crippen molar-refractivity contribution in [3.05, 3.63) is 35.4 Å². The average Bonchev–Trinajstić information content (AvgIpc) is 2.58. The van der Waals surface area contributed by atoms with Crippen LogP contribution in [0.1, 0.15) is 77.3 Å². The molecule has 0 unspecified atom stereocenters. The molecule has 1 aromatic carbocycles. The quantitative estimate of drug-likeness (QED) is 0.599. The molecule has 0 aliphatic heterocycles. The third-order valence-corrected chi connectivity index (χ3v) is 4.68. The minimum atomic E-state index is -0.156. The Labute approximate surface area is 163 Å². The van der Waals surface area contributed by atoms with Gasteiger partial charge in [0.05, 0.1) is 5.52 Å². The standard InChI is InChI=1S/C23H35N3O/c1-5-6-7-11-19-16-18-14-13-17(15-20(18)25-22(19)24)10-8-9-12-21(27)26-23(2,3)4/h13-16H,5-12H2,1-4H3,(H2,24,25)(H,26,27). The normalized spacial score (nSPS) is 11.7. The molecule has 0 fully saturated rings. The van der Waals surface area contributed by atoms with Crippen LogP contribution >= 0.6 is 0 Å². The molecular formula is C23H35N3O. The molecule has 27 heavy (non-hydrogen) atoms. The summed E-state index contributed by atoms with van der Waals surface area (Å²) in [6, 6.07) is 8.64. The number of pyridine rings is 1. The van der Waals surface area contributed by atoms with Crippen molar-refractivity contribution in [2.75, 3.05) is 5.73 Å². The van der Waals surface area contributed by atoms with Crippen molar-refractivity contribution in [2.45, 2.75) is 84.6 Å². The first-order chi connectivity index (χ1) is 12.8. The van der Waals surface area contributed by atoms with Gasteiger partial charge in [0.15, 0.2) is 0 Å². The van der Waals surface area contributed by atoms with Crippen molar-refractivity contribution >= 4 is 22.6 Å². The fraction of sp³-hybridized carbons (Fsp3) is 0.565. The van der Waals surface area contributed by atoms with E-state index in [0.29, 0.717) is 12.2 Å². The second-order valence-electron chi connectivity index (χ2n) is 8.52. The zero-order chi connectivity index (χ0) is 19.9. The van der Waals surface area contributed by atoms with E-state index in [2.05, 4.69) is 41.5 Å². The van der Waals surface area contributed by atoms with Crippen molar-refractivity contribution in [1.82, 2.24) is 10.3 Å². The van der Waals surface area contributed by atoms with Gasteiger partial charge in [0.1, 0.15) is 5.82 Å². The van der Waals surface area contributed by atoms with Crippen LogP contribution in [-0.4, -0.2) is 16.4 Å². The number of fused-ring (bicyclic) bond motifs is 1. The van der Waals surface area contributed by atoms with Gasteiger partial charge in [-0.05, 0) is 76.1 Å². The molecule has 0 radical (unpaired) electrons. The van der Waals surface area contributed by atoms with Gasteiger partial charge in [-0.1, -0.05) is 31.9 Å². The largest absolute Gasteiger partial charge is 0.383 e. The van der Waals surface area contributed by atoms with Crippen LogP contribution in [0.3, 0.4) is 0 Å². The molecule has 4 nitrogen and oxygen atoms in total. The number of anilines is 1. The first-order valence-electron chi connectivity index (χ1n) is 10.3. The van der Waals surface area contributed by atoms with E-state index in [1.165, 1.54) is 18.4 Å². The number of rotatable bonds is 9. The molecule has 0 spiro atoms. The summed E-state index contributed by atoms with van der Waals surface area (Å²) in [5, 5.41) is 4.17. The number of aryl methyl sites for hydroxylation is 2. The van der Waals surface area contributed by atoms with Crippen LogP contribution in [0.25, 0.3) is 10.9 Å². The number of nitrogen functional groups attached to an aromatic ring is 1. The van der Waals surface area contributed by atoms with Gasteiger partial charge in [-0.2, -0.15) is 0 Å². The van der Waals surface area contributed by atoms with Gasteiger partial charge in [-0.25, -0.2) is 4.98 Å². The van der Waals surface area contributed by atoms with Crippen molar-refractivity contribution in [3.8, 4) is 0 Å². The number of carbonyl (C=O) groups is 1. The van der Waals surface area contributed by atoms with Crippen LogP contribution < -0.4 is 11.1 Å². The third-order valence-electron chi connectivity index (χ3n) is 4.68. The summed E-state index contributed by atoms with van der Waals surface area (Å²) >= 11 is 0. The summed E-state index contributed by atoms with van der Waals surface area (Å²) in [5.41, 5.74) is 9.39. The molecule has 2 rings (SSSR count). The maximum absolute atomic E-state index is 11.9. The predicted molar refractivity (Wildman–Crippen MR) is 115 cm³/mol. The second kappa shape index (κ2) is 9.72. The number of hydrogen-bond acceptors (Lipinski definition) is 3. The Kier molecular flexibility index (Phi) is 7.64. The van der Waals surface area contributed by atoms with E-state index < -0.39 is 0 Å². The predicted octanol–water partition coefficient (Wildman–Crippen LogP) is 5.18. The maximum atomic E-state index is 11.9. The van der Waals surface area contributed by atoms with E-state index in [1.807, 2.05) is 20.8 Å². The first kappa shape index (κ1) is 21.2. The zero-order valence-electron chi connectivity index (χ0n) is 17.4. The summed E-state index contributed by atoms with van der Waals surface area (Å²) in [6.07, 6.45) is 8.03. The highest BCUT2D eigenvalue weighted by molar-refractivity contribution is 5.82. The lowest BCUT2D eigenvalue weighted by Gasteiger charge is -2.20. The molecule has 2 aromatic rings. The Morgan fingerprint density at radius 1 is 1.07 bits per heavy atom. The van der Waals surface area contributed by atoms with Crippen LogP contribution in [-0.2, 0) is 17.6 Å². The number of nitrogens with zero attached hydrogens (tertiary/aromatic N) is 1. The molecule has 1 aromatic heterocycles. The first-order valence-corrected chi connectivity index (χ1v) is 10.3. The van der Waals surface area contributed by atoms with Crippen LogP contribution in [0.4, 0.5) is 5.82 Å². The number of benzene rings is 1. The Balaban J connectivity index is 1.90. The van der Waals surface area contributed by atoms with E-state index >= 15 is 0 Å². The van der Waals surface area contributed by atoms with Gasteiger partial charge >= 0.3 is 0 Å². The molecule has 1 amide bonds. The maximum Gasteiger partial charge on any atom is 0.220 e. The fourth-order valence-electron chi connectivity index (χ4n) is 3.29. The molecule has 3 N–H and O–H groups in total. The highest BCUT2D eigenvalue weighted by Crippen LogP contribution is 2.22. The van der Waals surface area contributed by atoms with Crippen LogP contribution in [0.2, 0.25) is 0 Å². The lowest BCUT2D eigenvalue weighted by molar-refractivity contribution is -0.122. The van der Waals surface area contributed by atoms with Crippen molar-refractivity contribution < 1.29 is 4.79 Å². The molecule has 148 valence electrons. The molecule has 0 bridgehead atoms. The summed E-state index contributed by atoms with van der Waals surface area (Å²) < 4.78 is 0. The summed E-state index contributed by atoms with van der Waals surface area (Å²) in [4.78, 5) is 16.5. The number of hydrogen-bond donors (Lipinski definition) is 2. The van der Waals surface area contributed by atoms with E-state index in [9.17, 15) is 4.79 Å². The topological polar surface area (TPSA) is 68.0 Å². The fourth-order valence-corrected chi connectivity index (χ4v) is 3.29. The average molecular weight is 370 g/mol. The van der Waals surface area contributed by atoms with Crippen molar-refractivity contribution in [1.29, 1.82) is 0 Å². The van der Waals surface area contributed by atoms with E-state index in [0.717, 1.165) is 48.6 Å². The Hall–Kier alpha value is -2.10. The van der Waals surface area contributed by atoms with Gasteiger partial charge in [0.2, 0.25) is 5.91 Å². The highest BCUT2D eigenvalue weighted by atomic mass is 16.1. The lowest BCUT2D eigenvalue weighted by atomic mass is 10.0. The second-order valence-corrected chi connectivity index (χ2v) is 8.52. The SMILES string of the molecule is CCCCCc1cc2ccc(CCCCC(=O)NC(C)(C)C)cc2nc1N. The van der Waals surface area contributed by atoms with Crippen LogP contribution in [0.5, 0.6) is 0 Å². The van der Waals surface area contributed by atoms with Crippen molar-refractivity contribution in [2.24, 2.45) is 0 Å². The van der Waals surface area contributed by atoms with Crippen molar-refractivity contribution in [3.63, 3.8) is 0 Å². The van der Waals surface area contributed by atoms with E-state index in [1.54, 1.807) is 0 Å². The Morgan fingerprint density at radius 2 is 1.81 bits per heavy atom. The minimum Gasteiger partial charge on any atom is -0.383 e. The summed E-state index contributed by atoms with van der Waals surface area (Å²) in [7, 11) is 0. The number of unbranched alkanes of at least 4 members (excludes halogenated alkanes) is 3. The highest BCUT2D eigenvalue weighted by Gasteiger charge is 2.13. The van der Waals surface area contributed by atoms with Crippen LogP contribution in [0, 0.1) is 0 Å². The lowest BCUT2D eigenvalue weighted by Crippen LogP contribution is -2.40. The van der Waals surface area contributed by atoms with Gasteiger partial charge in [-0.3, -0.25) is 4.79 Å². The number of amides is 1. The van der Waals surface area contributed by atoms with Gasteiger partial charge in [-0.15, -0.1) is 0 Å². The number of nitrogens with one attached hydrogen (secondary N) is 1. The smallest absolute Gasteiger partial charge is 0.220 e. The zero-order valence-corrected chi connectivity index (χ0v) is 17.4. The molecule has 0 saturated carbocycles. The monoisotopic (exact) mass is 369 g/mol. The molecule has 0 aliphatic rings. The van der Waals surface area contributed by atoms with Gasteiger partial charge in [0, 0.05) is 17.3 Å². The molecule has 4 heteroatoms. The van der Waals surface area contributed by atoms with E-state index in [-0.39, 0.29) is 11.4 Å². The molecule has 0 aliphatic carbocycles. The minimum absolute atomic E-state index is 0.131. The summed E-state index contributed by atoms with van der Waals surface area (Å²) in [6.45, 7) is 8.23. The van der Waals surface area contributed by atoms with Gasteiger partial charge < -0.3 is 11.1 Å². The van der Waals surface area contributed by atoms with E-state index in [4.69, 9.17) is 5.73 Å². The molecule has 1 heterocycles. The Morgan fingerprint density at radius 3 is 2.52 bits per heavy atom. The molecular weight excluding hydrogens is 334 g/mol. The molecule has 0 saturated heterocycles. The van der Waals surface area contributed by atoms with Gasteiger partial charge in [0.25, 0.3) is 0 Å². The third kappa shape index (κ3) is 7.20.